The molecule has 0 saturated heterocycles. The van der Waals surface area contributed by atoms with Crippen LogP contribution in [0.1, 0.15) is 17.2 Å². The lowest BCUT2D eigenvalue weighted by molar-refractivity contribution is 0.218. The minimum atomic E-state index is -0.887. The van der Waals surface area contributed by atoms with E-state index in [2.05, 4.69) is 43.5 Å². The SMILES string of the molecule is OC(c1cncc(F)c1)c1cc(I)ccc1Br. The Labute approximate surface area is 120 Å². The number of aliphatic hydroxyl groups is 1. The lowest BCUT2D eigenvalue weighted by Gasteiger charge is -2.13. The predicted molar refractivity (Wildman–Crippen MR) is 75.1 cm³/mol. The number of nitrogens with zero attached hydrogens (tertiary/aromatic N) is 1. The Hall–Kier alpha value is -0.530. The van der Waals surface area contributed by atoms with Crippen LogP contribution in [0.25, 0.3) is 0 Å². The molecule has 0 radical (unpaired) electrons. The molecular weight excluding hydrogens is 400 g/mol. The number of aromatic nitrogens is 1. The molecule has 1 aromatic heterocycles. The normalized spacial score (nSPS) is 12.5. The fourth-order valence-electron chi connectivity index (χ4n) is 1.48. The molecule has 1 heterocycles. The van der Waals surface area contributed by atoms with E-state index in [1.807, 2.05) is 18.2 Å². The zero-order chi connectivity index (χ0) is 12.4. The van der Waals surface area contributed by atoms with Gasteiger partial charge in [-0.15, -0.1) is 0 Å². The average molecular weight is 408 g/mol. The first kappa shape index (κ1) is 12.9. The molecule has 0 fully saturated rings. The van der Waals surface area contributed by atoms with Crippen LogP contribution in [0.5, 0.6) is 0 Å². The third kappa shape index (κ3) is 3.02. The first-order valence-corrected chi connectivity index (χ1v) is 6.68. The van der Waals surface area contributed by atoms with Crippen LogP contribution in [0, 0.1) is 9.39 Å². The van der Waals surface area contributed by atoms with Gasteiger partial charge in [0.1, 0.15) is 11.9 Å². The second-order valence-electron chi connectivity index (χ2n) is 3.50. The zero-order valence-electron chi connectivity index (χ0n) is 8.57. The van der Waals surface area contributed by atoms with Crippen molar-refractivity contribution in [3.05, 3.63) is 61.6 Å². The summed E-state index contributed by atoms with van der Waals surface area (Å²) in [5, 5.41) is 10.2. The van der Waals surface area contributed by atoms with Crippen molar-refractivity contribution in [3.63, 3.8) is 0 Å². The van der Waals surface area contributed by atoms with Gasteiger partial charge in [-0.05, 0) is 46.9 Å². The van der Waals surface area contributed by atoms with Crippen molar-refractivity contribution in [2.45, 2.75) is 6.10 Å². The number of hydrogen-bond donors (Lipinski definition) is 1. The van der Waals surface area contributed by atoms with Gasteiger partial charge in [-0.3, -0.25) is 4.98 Å². The van der Waals surface area contributed by atoms with Gasteiger partial charge in [0.05, 0.1) is 6.20 Å². The molecular formula is C12H8BrFINO. The van der Waals surface area contributed by atoms with Crippen molar-refractivity contribution in [3.8, 4) is 0 Å². The van der Waals surface area contributed by atoms with E-state index in [9.17, 15) is 9.50 Å². The van der Waals surface area contributed by atoms with E-state index >= 15 is 0 Å². The van der Waals surface area contributed by atoms with Crippen molar-refractivity contribution < 1.29 is 9.50 Å². The minimum Gasteiger partial charge on any atom is -0.384 e. The molecule has 0 aliphatic carbocycles. The van der Waals surface area contributed by atoms with Crippen LogP contribution in [0.3, 0.4) is 0 Å². The zero-order valence-corrected chi connectivity index (χ0v) is 12.3. The number of hydrogen-bond acceptors (Lipinski definition) is 2. The summed E-state index contributed by atoms with van der Waals surface area (Å²) in [5.74, 6) is -0.455. The van der Waals surface area contributed by atoms with E-state index in [0.29, 0.717) is 11.1 Å². The first-order valence-electron chi connectivity index (χ1n) is 4.81. The van der Waals surface area contributed by atoms with E-state index in [0.717, 1.165) is 14.2 Å². The number of benzene rings is 1. The van der Waals surface area contributed by atoms with Crippen LogP contribution in [0.4, 0.5) is 4.39 Å². The highest BCUT2D eigenvalue weighted by atomic mass is 127. The van der Waals surface area contributed by atoms with Gasteiger partial charge in [0.2, 0.25) is 0 Å². The Morgan fingerprint density at radius 2 is 2.06 bits per heavy atom. The minimum absolute atomic E-state index is 0.438. The maximum Gasteiger partial charge on any atom is 0.141 e. The summed E-state index contributed by atoms with van der Waals surface area (Å²) in [6.07, 6.45) is 1.68. The van der Waals surface area contributed by atoms with Crippen LogP contribution in [0.15, 0.2) is 41.1 Å². The van der Waals surface area contributed by atoms with Gasteiger partial charge in [-0.2, -0.15) is 0 Å². The number of rotatable bonds is 2. The fourth-order valence-corrected chi connectivity index (χ4v) is 2.46. The molecule has 0 saturated carbocycles. The summed E-state index contributed by atoms with van der Waals surface area (Å²) >= 11 is 5.53. The molecule has 1 atom stereocenters. The van der Waals surface area contributed by atoms with Gasteiger partial charge in [-0.1, -0.05) is 15.9 Å². The molecule has 2 nitrogen and oxygen atoms in total. The van der Waals surface area contributed by atoms with Crippen molar-refractivity contribution >= 4 is 38.5 Å². The second kappa shape index (κ2) is 5.41. The summed E-state index contributed by atoms with van der Waals surface area (Å²) in [6, 6.07) is 6.90. The fraction of sp³-hybridized carbons (Fsp3) is 0.0833. The molecule has 0 aliphatic rings. The van der Waals surface area contributed by atoms with Crippen LogP contribution in [-0.2, 0) is 0 Å². The maximum atomic E-state index is 13.0. The number of pyridine rings is 1. The van der Waals surface area contributed by atoms with Crippen LogP contribution in [0.2, 0.25) is 0 Å². The first-order chi connectivity index (χ1) is 8.08. The van der Waals surface area contributed by atoms with Gasteiger partial charge >= 0.3 is 0 Å². The van der Waals surface area contributed by atoms with Gasteiger partial charge in [0.25, 0.3) is 0 Å². The Balaban J connectivity index is 2.43. The van der Waals surface area contributed by atoms with E-state index in [-0.39, 0.29) is 0 Å². The standard InChI is InChI=1S/C12H8BrFINO/c13-11-2-1-9(15)4-10(11)12(17)7-3-8(14)6-16-5-7/h1-6,12,17H. The third-order valence-corrected chi connectivity index (χ3v) is 3.69. The summed E-state index contributed by atoms with van der Waals surface area (Å²) in [4.78, 5) is 3.73. The molecule has 1 unspecified atom stereocenters. The van der Waals surface area contributed by atoms with E-state index in [1.165, 1.54) is 12.3 Å². The van der Waals surface area contributed by atoms with E-state index < -0.39 is 11.9 Å². The summed E-state index contributed by atoms with van der Waals surface area (Å²) in [6.45, 7) is 0. The van der Waals surface area contributed by atoms with E-state index in [1.54, 1.807) is 0 Å². The molecule has 1 aromatic carbocycles. The molecule has 5 heteroatoms. The molecule has 2 aromatic rings. The molecule has 17 heavy (non-hydrogen) atoms. The molecule has 0 bridgehead atoms. The van der Waals surface area contributed by atoms with Crippen molar-refractivity contribution in [2.24, 2.45) is 0 Å². The Bertz CT molecular complexity index is 550. The van der Waals surface area contributed by atoms with Gasteiger partial charge in [-0.25, -0.2) is 4.39 Å². The molecule has 0 aliphatic heterocycles. The monoisotopic (exact) mass is 407 g/mol. The third-order valence-electron chi connectivity index (χ3n) is 2.29. The smallest absolute Gasteiger partial charge is 0.141 e. The van der Waals surface area contributed by atoms with Gasteiger partial charge in [0, 0.05) is 25.4 Å². The molecule has 2 rings (SSSR count). The van der Waals surface area contributed by atoms with Crippen LogP contribution in [-0.4, -0.2) is 10.1 Å². The quantitative estimate of drug-likeness (QED) is 0.770. The van der Waals surface area contributed by atoms with E-state index in [4.69, 9.17) is 0 Å². The van der Waals surface area contributed by atoms with Crippen molar-refractivity contribution in [2.75, 3.05) is 0 Å². The molecule has 88 valence electrons. The average Bonchev–Trinajstić information content (AvgIpc) is 2.31. The maximum absolute atomic E-state index is 13.0. The molecule has 0 spiro atoms. The highest BCUT2D eigenvalue weighted by Crippen LogP contribution is 2.29. The van der Waals surface area contributed by atoms with Crippen LogP contribution < -0.4 is 0 Å². The number of aliphatic hydroxyl groups excluding tert-OH is 1. The second-order valence-corrected chi connectivity index (χ2v) is 5.60. The highest BCUT2D eigenvalue weighted by Gasteiger charge is 2.15. The Morgan fingerprint density at radius 3 is 2.76 bits per heavy atom. The highest BCUT2D eigenvalue weighted by molar-refractivity contribution is 14.1. The molecule has 1 N–H and O–H groups in total. The lowest BCUT2D eigenvalue weighted by Crippen LogP contribution is -2.02. The van der Waals surface area contributed by atoms with Crippen molar-refractivity contribution in [1.82, 2.24) is 4.98 Å². The number of halogens is 3. The topological polar surface area (TPSA) is 33.1 Å². The van der Waals surface area contributed by atoms with Gasteiger partial charge < -0.3 is 5.11 Å². The largest absolute Gasteiger partial charge is 0.384 e. The molecule has 0 amide bonds. The predicted octanol–water partition coefficient (Wildman–Crippen LogP) is 3.67. The Kier molecular flexibility index (Phi) is 4.11. The lowest BCUT2D eigenvalue weighted by atomic mass is 10.0. The van der Waals surface area contributed by atoms with Crippen molar-refractivity contribution in [1.29, 1.82) is 0 Å². The van der Waals surface area contributed by atoms with Crippen LogP contribution >= 0.6 is 38.5 Å². The van der Waals surface area contributed by atoms with Gasteiger partial charge in [0.15, 0.2) is 0 Å². The summed E-state index contributed by atoms with van der Waals surface area (Å²) in [7, 11) is 0. The Morgan fingerprint density at radius 1 is 1.29 bits per heavy atom. The summed E-state index contributed by atoms with van der Waals surface area (Å²) in [5.41, 5.74) is 1.14. The summed E-state index contributed by atoms with van der Waals surface area (Å²) < 4.78 is 14.8.